The van der Waals surface area contributed by atoms with Gasteiger partial charge in [-0.1, -0.05) is 0 Å². The number of rotatable bonds is 2. The van der Waals surface area contributed by atoms with Gasteiger partial charge in [0.05, 0.1) is 6.10 Å². The van der Waals surface area contributed by atoms with Crippen molar-refractivity contribution in [2.75, 3.05) is 6.54 Å². The summed E-state index contributed by atoms with van der Waals surface area (Å²) in [7, 11) is 0. The number of halogens is 1. The average molecular weight is 178 g/mol. The van der Waals surface area contributed by atoms with E-state index >= 15 is 0 Å². The van der Waals surface area contributed by atoms with Crippen LogP contribution in [0.1, 0.15) is 26.2 Å². The van der Waals surface area contributed by atoms with Crippen LogP contribution < -0.4 is 5.32 Å². The van der Waals surface area contributed by atoms with Crippen LogP contribution in [0.25, 0.3) is 0 Å². The normalized spacial score (nSPS) is 35.2. The first kappa shape index (κ1) is 9.30. The molecule has 0 saturated carbocycles. The number of aliphatic hydroxyl groups is 1. The zero-order valence-corrected chi connectivity index (χ0v) is 7.64. The molecule has 1 aliphatic rings. The van der Waals surface area contributed by atoms with Gasteiger partial charge in [0, 0.05) is 11.4 Å². The second kappa shape index (κ2) is 4.29. The first-order valence-corrected chi connectivity index (χ1v) is 4.69. The van der Waals surface area contributed by atoms with Gasteiger partial charge in [0.25, 0.3) is 0 Å². The number of piperidine rings is 1. The molecule has 0 amide bonds. The van der Waals surface area contributed by atoms with E-state index in [1.54, 1.807) is 0 Å². The Bertz CT molecular complexity index is 119. The maximum atomic E-state index is 9.50. The minimum absolute atomic E-state index is 0.153. The largest absolute Gasteiger partial charge is 0.392 e. The summed E-state index contributed by atoms with van der Waals surface area (Å²) in [6.07, 6.45) is 2.67. The van der Waals surface area contributed by atoms with E-state index in [1.807, 2.05) is 6.92 Å². The summed E-state index contributed by atoms with van der Waals surface area (Å²) >= 11 is 5.83. The van der Waals surface area contributed by atoms with E-state index in [1.165, 1.54) is 0 Å². The smallest absolute Gasteiger partial charge is 0.0694 e. The van der Waals surface area contributed by atoms with Gasteiger partial charge in [-0.05, 0) is 32.7 Å². The Kier molecular flexibility index (Phi) is 3.63. The van der Waals surface area contributed by atoms with Gasteiger partial charge in [-0.2, -0.15) is 0 Å². The number of aliphatic hydroxyl groups excluding tert-OH is 1. The monoisotopic (exact) mass is 177 g/mol. The molecule has 1 heterocycles. The molecule has 3 atom stereocenters. The molecule has 1 saturated heterocycles. The van der Waals surface area contributed by atoms with E-state index in [4.69, 9.17) is 11.6 Å². The lowest BCUT2D eigenvalue weighted by Gasteiger charge is -2.29. The van der Waals surface area contributed by atoms with Gasteiger partial charge < -0.3 is 10.4 Å². The first-order valence-electron chi connectivity index (χ1n) is 4.25. The number of nitrogens with one attached hydrogen (secondary N) is 1. The minimum atomic E-state index is -0.190. The summed E-state index contributed by atoms with van der Waals surface area (Å²) in [4.78, 5) is 0. The van der Waals surface area contributed by atoms with Crippen molar-refractivity contribution in [3.8, 4) is 0 Å². The third kappa shape index (κ3) is 2.97. The quantitative estimate of drug-likeness (QED) is 0.620. The lowest BCUT2D eigenvalue weighted by molar-refractivity contribution is 0.0925. The van der Waals surface area contributed by atoms with Crippen LogP contribution in [-0.2, 0) is 0 Å². The van der Waals surface area contributed by atoms with Crippen LogP contribution in [0.4, 0.5) is 0 Å². The van der Waals surface area contributed by atoms with E-state index in [0.717, 1.165) is 25.8 Å². The molecule has 0 aromatic rings. The van der Waals surface area contributed by atoms with Crippen LogP contribution in [0.3, 0.4) is 0 Å². The summed E-state index contributed by atoms with van der Waals surface area (Å²) in [5.74, 6) is 0. The van der Waals surface area contributed by atoms with Crippen molar-refractivity contribution in [1.29, 1.82) is 0 Å². The van der Waals surface area contributed by atoms with Gasteiger partial charge >= 0.3 is 0 Å². The van der Waals surface area contributed by atoms with Gasteiger partial charge in [-0.3, -0.25) is 0 Å². The molecule has 0 radical (unpaired) electrons. The Balaban J connectivity index is 2.29. The molecule has 0 aromatic heterocycles. The molecule has 11 heavy (non-hydrogen) atoms. The van der Waals surface area contributed by atoms with Crippen LogP contribution >= 0.6 is 11.6 Å². The molecule has 1 rings (SSSR count). The summed E-state index contributed by atoms with van der Waals surface area (Å²) in [5.41, 5.74) is 0. The molecule has 2 N–H and O–H groups in total. The maximum Gasteiger partial charge on any atom is 0.0694 e. The maximum absolute atomic E-state index is 9.50. The first-order chi connectivity index (χ1) is 5.20. The van der Waals surface area contributed by atoms with E-state index in [-0.39, 0.29) is 17.5 Å². The standard InChI is InChI=1S/C8H16ClNO/c1-6(9)5-7-8(11)3-2-4-10-7/h6-8,10-11H,2-5H2,1H3/t6?,7-,8-/m1/s1. The minimum Gasteiger partial charge on any atom is -0.392 e. The molecule has 3 heteroatoms. The Labute approximate surface area is 72.9 Å². The Morgan fingerprint density at radius 3 is 3.00 bits per heavy atom. The second-order valence-electron chi connectivity index (χ2n) is 3.29. The van der Waals surface area contributed by atoms with E-state index < -0.39 is 0 Å². The van der Waals surface area contributed by atoms with Crippen molar-refractivity contribution in [1.82, 2.24) is 5.32 Å². The lowest BCUT2D eigenvalue weighted by Crippen LogP contribution is -2.45. The van der Waals surface area contributed by atoms with E-state index in [2.05, 4.69) is 5.32 Å². The highest BCUT2D eigenvalue weighted by atomic mass is 35.5. The molecule has 0 aromatic carbocycles. The predicted octanol–water partition coefficient (Wildman–Crippen LogP) is 1.12. The number of hydrogen-bond acceptors (Lipinski definition) is 2. The summed E-state index contributed by atoms with van der Waals surface area (Å²) in [6.45, 7) is 2.98. The highest BCUT2D eigenvalue weighted by Crippen LogP contribution is 2.14. The molecule has 0 spiro atoms. The second-order valence-corrected chi connectivity index (χ2v) is 4.03. The fourth-order valence-electron chi connectivity index (χ4n) is 1.53. The molecule has 2 nitrogen and oxygen atoms in total. The molecule has 0 bridgehead atoms. The van der Waals surface area contributed by atoms with E-state index in [9.17, 15) is 5.11 Å². The molecule has 0 aliphatic carbocycles. The highest BCUT2D eigenvalue weighted by Gasteiger charge is 2.23. The van der Waals surface area contributed by atoms with Gasteiger partial charge in [-0.25, -0.2) is 0 Å². The predicted molar refractivity (Wildman–Crippen MR) is 47.0 cm³/mol. The van der Waals surface area contributed by atoms with Gasteiger partial charge in [0.2, 0.25) is 0 Å². The van der Waals surface area contributed by atoms with Crippen LogP contribution in [0.5, 0.6) is 0 Å². The summed E-state index contributed by atoms with van der Waals surface area (Å²) in [6, 6.07) is 0.219. The SMILES string of the molecule is CC(Cl)C[C@H]1NCCC[C@H]1O. The van der Waals surface area contributed by atoms with Gasteiger partial charge in [0.1, 0.15) is 0 Å². The Morgan fingerprint density at radius 1 is 1.73 bits per heavy atom. The van der Waals surface area contributed by atoms with Crippen molar-refractivity contribution in [3.63, 3.8) is 0 Å². The summed E-state index contributed by atoms with van der Waals surface area (Å²) in [5, 5.41) is 12.9. The van der Waals surface area contributed by atoms with Crippen molar-refractivity contribution in [3.05, 3.63) is 0 Å². The van der Waals surface area contributed by atoms with Crippen molar-refractivity contribution in [2.45, 2.75) is 43.7 Å². The van der Waals surface area contributed by atoms with Crippen molar-refractivity contribution < 1.29 is 5.11 Å². The van der Waals surface area contributed by atoms with Crippen LogP contribution in [0.15, 0.2) is 0 Å². The third-order valence-corrected chi connectivity index (χ3v) is 2.30. The zero-order chi connectivity index (χ0) is 8.27. The summed E-state index contributed by atoms with van der Waals surface area (Å²) < 4.78 is 0. The van der Waals surface area contributed by atoms with Crippen LogP contribution in [0.2, 0.25) is 0 Å². The van der Waals surface area contributed by atoms with E-state index in [0.29, 0.717) is 0 Å². The lowest BCUT2D eigenvalue weighted by atomic mass is 9.98. The molecule has 1 unspecified atom stereocenters. The van der Waals surface area contributed by atoms with Crippen molar-refractivity contribution >= 4 is 11.6 Å². The highest BCUT2D eigenvalue weighted by molar-refractivity contribution is 6.20. The van der Waals surface area contributed by atoms with Gasteiger partial charge in [0.15, 0.2) is 0 Å². The number of hydrogen-bond donors (Lipinski definition) is 2. The van der Waals surface area contributed by atoms with Crippen LogP contribution in [-0.4, -0.2) is 29.2 Å². The third-order valence-electron chi connectivity index (χ3n) is 2.13. The topological polar surface area (TPSA) is 32.3 Å². The molecular weight excluding hydrogens is 162 g/mol. The molecule has 1 fully saturated rings. The Morgan fingerprint density at radius 2 is 2.45 bits per heavy atom. The average Bonchev–Trinajstić information content (AvgIpc) is 1.93. The number of alkyl halides is 1. The van der Waals surface area contributed by atoms with Crippen LogP contribution in [0, 0.1) is 0 Å². The Hall–Kier alpha value is 0.210. The van der Waals surface area contributed by atoms with Crippen molar-refractivity contribution in [2.24, 2.45) is 0 Å². The van der Waals surface area contributed by atoms with Gasteiger partial charge in [-0.15, -0.1) is 11.6 Å². The fourth-order valence-corrected chi connectivity index (χ4v) is 1.72. The molecular formula is C8H16ClNO. The molecule has 1 aliphatic heterocycles. The fraction of sp³-hybridized carbons (Fsp3) is 1.00. The zero-order valence-electron chi connectivity index (χ0n) is 6.89. The molecule has 66 valence electrons.